The van der Waals surface area contributed by atoms with Crippen molar-refractivity contribution in [2.24, 2.45) is 17.3 Å². The molecule has 2 N–H and O–H groups in total. The number of amides is 1. The first-order valence-electron chi connectivity index (χ1n) is 15.7. The van der Waals surface area contributed by atoms with Gasteiger partial charge in [-0.15, -0.1) is 0 Å². The van der Waals surface area contributed by atoms with Gasteiger partial charge in [0.1, 0.15) is 5.69 Å². The third kappa shape index (κ3) is 4.46. The van der Waals surface area contributed by atoms with E-state index in [1.807, 2.05) is 29.2 Å². The number of para-hydroxylation sites is 1. The molecule has 4 aliphatic rings. The van der Waals surface area contributed by atoms with Gasteiger partial charge in [-0.05, 0) is 55.5 Å². The fourth-order valence-corrected chi connectivity index (χ4v) is 7.91. The summed E-state index contributed by atoms with van der Waals surface area (Å²) >= 11 is 0. The highest BCUT2D eigenvalue weighted by Crippen LogP contribution is 2.70. The quantitative estimate of drug-likeness (QED) is 0.320. The van der Waals surface area contributed by atoms with Gasteiger partial charge in [0.05, 0.1) is 5.69 Å². The summed E-state index contributed by atoms with van der Waals surface area (Å²) in [6, 6.07) is 18.5. The second-order valence-corrected chi connectivity index (χ2v) is 13.3. The Hall–Kier alpha value is -3.72. The van der Waals surface area contributed by atoms with Crippen LogP contribution in [0.25, 0.3) is 22.3 Å². The molecular weight excluding hydrogens is 546 g/mol. The van der Waals surface area contributed by atoms with E-state index in [4.69, 9.17) is 0 Å². The number of aromatic nitrogens is 3. The summed E-state index contributed by atoms with van der Waals surface area (Å²) < 4.78 is 28.8. The molecular formula is C34H38F2N6O. The average Bonchev–Trinajstić information content (AvgIpc) is 3.42. The zero-order valence-electron chi connectivity index (χ0n) is 24.6. The minimum absolute atomic E-state index is 0.0567. The van der Waals surface area contributed by atoms with Crippen molar-refractivity contribution >= 4 is 22.5 Å². The molecule has 3 fully saturated rings. The Morgan fingerprint density at radius 2 is 1.77 bits per heavy atom. The maximum atomic E-state index is 14.4. The van der Waals surface area contributed by atoms with Crippen LogP contribution in [0.5, 0.6) is 0 Å². The van der Waals surface area contributed by atoms with Gasteiger partial charge in [-0.25, -0.2) is 8.78 Å². The Balaban J connectivity index is 0.886. The number of piperidine rings is 1. The zero-order chi connectivity index (χ0) is 29.3. The summed E-state index contributed by atoms with van der Waals surface area (Å²) in [5, 5.41) is 8.52. The van der Waals surface area contributed by atoms with E-state index in [2.05, 4.69) is 55.3 Å². The van der Waals surface area contributed by atoms with Crippen LogP contribution in [-0.2, 0) is 12.8 Å². The number of halogens is 2. The van der Waals surface area contributed by atoms with Crippen LogP contribution < -0.4 is 4.90 Å². The van der Waals surface area contributed by atoms with Gasteiger partial charge in [-0.2, -0.15) is 5.10 Å². The van der Waals surface area contributed by atoms with Gasteiger partial charge >= 0.3 is 0 Å². The molecule has 7 nitrogen and oxygen atoms in total. The SMILES string of the molecule is CC12Cc3[nH]nc(-c4cc5ccc(C(=O)N6CCN(CC7CCN(c8ccccc8)CC7)CC6)cc5[nH]4)c3CC1C2(F)F. The first-order valence-corrected chi connectivity index (χ1v) is 15.7. The second kappa shape index (κ2) is 9.91. The number of benzene rings is 2. The number of hydrogen-bond donors (Lipinski definition) is 2. The number of rotatable bonds is 5. The minimum atomic E-state index is -2.62. The summed E-state index contributed by atoms with van der Waals surface area (Å²) in [6.45, 7) is 8.28. The topological polar surface area (TPSA) is 71.3 Å². The van der Waals surface area contributed by atoms with Crippen molar-refractivity contribution in [3.05, 3.63) is 71.4 Å². The summed E-state index contributed by atoms with van der Waals surface area (Å²) in [5.41, 5.74) is 5.11. The Morgan fingerprint density at radius 3 is 2.53 bits per heavy atom. The highest BCUT2D eigenvalue weighted by Gasteiger charge is 2.78. The smallest absolute Gasteiger partial charge is 0.258 e. The number of nitrogens with zero attached hydrogens (tertiary/aromatic N) is 4. The Bertz CT molecular complexity index is 1660. The Kier molecular flexibility index (Phi) is 6.19. The highest BCUT2D eigenvalue weighted by molar-refractivity contribution is 5.99. The first kappa shape index (κ1) is 26.9. The molecule has 2 aliphatic heterocycles. The molecule has 0 radical (unpaired) electrons. The number of H-pyrrole nitrogens is 2. The molecule has 2 aromatic heterocycles. The number of aromatic amines is 2. The fourth-order valence-electron chi connectivity index (χ4n) is 7.91. The maximum absolute atomic E-state index is 14.4. The van der Waals surface area contributed by atoms with E-state index < -0.39 is 17.3 Å². The van der Waals surface area contributed by atoms with Gasteiger partial charge in [0, 0.05) is 97.0 Å². The van der Waals surface area contributed by atoms with Crippen LogP contribution >= 0.6 is 0 Å². The second-order valence-electron chi connectivity index (χ2n) is 13.3. The lowest BCUT2D eigenvalue weighted by Crippen LogP contribution is -2.50. The lowest BCUT2D eigenvalue weighted by molar-refractivity contribution is 0.0609. The van der Waals surface area contributed by atoms with Crippen LogP contribution in [0.3, 0.4) is 0 Å². The lowest BCUT2D eigenvalue weighted by Gasteiger charge is -2.39. The molecule has 9 heteroatoms. The number of anilines is 1. The van der Waals surface area contributed by atoms with Crippen LogP contribution in [0.4, 0.5) is 14.5 Å². The molecule has 224 valence electrons. The number of alkyl halides is 2. The van der Waals surface area contributed by atoms with E-state index in [9.17, 15) is 13.6 Å². The largest absolute Gasteiger partial charge is 0.372 e. The lowest BCUT2D eigenvalue weighted by atomic mass is 9.87. The number of piperazine rings is 1. The normalized spacial score (nSPS) is 25.5. The number of fused-ring (bicyclic) bond motifs is 3. The molecule has 4 heterocycles. The minimum Gasteiger partial charge on any atom is -0.372 e. The molecule has 0 bridgehead atoms. The summed E-state index contributed by atoms with van der Waals surface area (Å²) in [7, 11) is 0. The van der Waals surface area contributed by atoms with Crippen LogP contribution in [0.2, 0.25) is 0 Å². The third-order valence-corrected chi connectivity index (χ3v) is 10.8. The van der Waals surface area contributed by atoms with Crippen molar-refractivity contribution in [3.8, 4) is 11.4 Å². The average molecular weight is 585 g/mol. The number of nitrogens with one attached hydrogen (secondary N) is 2. The highest BCUT2D eigenvalue weighted by atomic mass is 19.3. The van der Waals surface area contributed by atoms with Gasteiger partial charge in [0.25, 0.3) is 11.8 Å². The van der Waals surface area contributed by atoms with Crippen LogP contribution in [0.15, 0.2) is 54.6 Å². The molecule has 43 heavy (non-hydrogen) atoms. The van der Waals surface area contributed by atoms with E-state index in [0.717, 1.165) is 73.7 Å². The third-order valence-electron chi connectivity index (χ3n) is 10.8. The van der Waals surface area contributed by atoms with Gasteiger partial charge in [-0.3, -0.25) is 14.8 Å². The van der Waals surface area contributed by atoms with Crippen molar-refractivity contribution in [3.63, 3.8) is 0 Å². The van der Waals surface area contributed by atoms with Gasteiger partial charge in [0.15, 0.2) is 0 Å². The van der Waals surface area contributed by atoms with Gasteiger partial charge < -0.3 is 14.8 Å². The molecule has 2 atom stereocenters. The van der Waals surface area contributed by atoms with E-state index in [1.165, 1.54) is 18.5 Å². The number of hydrogen-bond acceptors (Lipinski definition) is 4. The van der Waals surface area contributed by atoms with Crippen molar-refractivity contribution in [1.82, 2.24) is 25.0 Å². The summed E-state index contributed by atoms with van der Waals surface area (Å²) in [6.07, 6.45) is 3.08. The summed E-state index contributed by atoms with van der Waals surface area (Å²) in [4.78, 5) is 23.9. The zero-order valence-corrected chi connectivity index (χ0v) is 24.6. The number of carbonyl (C=O) groups is 1. The molecule has 8 rings (SSSR count). The molecule has 1 amide bonds. The first-order chi connectivity index (χ1) is 20.8. The van der Waals surface area contributed by atoms with Crippen molar-refractivity contribution in [2.75, 3.05) is 50.7 Å². The monoisotopic (exact) mass is 584 g/mol. The Labute approximate surface area is 250 Å². The van der Waals surface area contributed by atoms with E-state index in [0.29, 0.717) is 30.0 Å². The van der Waals surface area contributed by atoms with Crippen LogP contribution in [-0.4, -0.2) is 82.6 Å². The molecule has 1 saturated carbocycles. The van der Waals surface area contributed by atoms with Crippen molar-refractivity contribution < 1.29 is 13.6 Å². The standard InChI is InChI=1S/C34H38F2N6O/c1-33-20-29-26(19-30(33)34(33,35)36)31(39-38-29)28-17-23-7-8-24(18-27(23)37-28)32(43)42-15-13-40(14-16-42)21-22-9-11-41(12-10-22)25-5-3-2-4-6-25/h2-8,17-18,22,30,37H,9-16,19-21H2,1H3,(H,38,39). The molecule has 2 aromatic carbocycles. The fraction of sp³-hybridized carbons (Fsp3) is 0.471. The van der Waals surface area contributed by atoms with Gasteiger partial charge in [0.2, 0.25) is 0 Å². The molecule has 2 saturated heterocycles. The van der Waals surface area contributed by atoms with Crippen LogP contribution in [0.1, 0.15) is 41.4 Å². The maximum Gasteiger partial charge on any atom is 0.258 e. The molecule has 4 aromatic rings. The van der Waals surface area contributed by atoms with E-state index in [-0.39, 0.29) is 5.91 Å². The summed E-state index contributed by atoms with van der Waals surface area (Å²) in [5.74, 6) is -2.48. The molecule has 2 aliphatic carbocycles. The number of carbonyl (C=O) groups excluding carboxylic acids is 1. The van der Waals surface area contributed by atoms with E-state index in [1.54, 1.807) is 6.92 Å². The molecule has 0 spiro atoms. The van der Waals surface area contributed by atoms with E-state index >= 15 is 0 Å². The van der Waals surface area contributed by atoms with Crippen molar-refractivity contribution in [1.29, 1.82) is 0 Å². The predicted molar refractivity (Wildman–Crippen MR) is 164 cm³/mol. The molecule has 2 unspecified atom stereocenters. The van der Waals surface area contributed by atoms with Crippen molar-refractivity contribution in [2.45, 2.75) is 38.5 Å². The van der Waals surface area contributed by atoms with Gasteiger partial charge in [-0.1, -0.05) is 31.2 Å². The predicted octanol–water partition coefficient (Wildman–Crippen LogP) is 5.60. The van der Waals surface area contributed by atoms with Crippen LogP contribution in [0, 0.1) is 17.3 Å². The Morgan fingerprint density at radius 1 is 1.00 bits per heavy atom.